The van der Waals surface area contributed by atoms with Gasteiger partial charge in [0.2, 0.25) is 5.88 Å². The Bertz CT molecular complexity index is 1410. The van der Waals surface area contributed by atoms with Gasteiger partial charge in [-0.15, -0.1) is 0 Å². The Balaban J connectivity index is 1.81. The first-order valence-corrected chi connectivity index (χ1v) is 10.2. The largest absolute Gasteiger partial charge is 0.494 e. The predicted octanol–water partition coefficient (Wildman–Crippen LogP) is 4.84. The zero-order valence-corrected chi connectivity index (χ0v) is 17.3. The molecule has 168 valence electrons. The highest BCUT2D eigenvalue weighted by molar-refractivity contribution is 7.08. The smallest absolute Gasteiger partial charge is 0.416 e. The molecule has 0 aliphatic rings. The highest BCUT2D eigenvalue weighted by atomic mass is 32.1. The number of aromatic nitrogens is 1. The summed E-state index contributed by atoms with van der Waals surface area (Å²) in [7, 11) is 0. The summed E-state index contributed by atoms with van der Waals surface area (Å²) in [5, 5.41) is 16.2. The molecule has 0 spiro atoms. The summed E-state index contributed by atoms with van der Waals surface area (Å²) >= 11 is 1.32. The summed E-state index contributed by atoms with van der Waals surface area (Å²) in [5.41, 5.74) is 4.39. The predicted molar refractivity (Wildman–Crippen MR) is 116 cm³/mol. The average molecular weight is 473 g/mol. The molecular weight excluding hydrogens is 459 g/mol. The number of nitrogens with zero attached hydrogens (tertiary/aromatic N) is 1. The fourth-order valence-corrected chi connectivity index (χ4v) is 4.03. The second kappa shape index (κ2) is 8.10. The Kier molecular flexibility index (Phi) is 5.42. The van der Waals surface area contributed by atoms with Crippen molar-refractivity contribution in [1.82, 2.24) is 4.57 Å². The van der Waals surface area contributed by atoms with E-state index in [1.165, 1.54) is 35.6 Å². The van der Waals surface area contributed by atoms with Gasteiger partial charge < -0.3 is 16.2 Å². The molecule has 4 aromatic rings. The van der Waals surface area contributed by atoms with E-state index in [2.05, 4.69) is 5.32 Å². The number of fused-ring (bicyclic) bond motifs is 1. The van der Waals surface area contributed by atoms with E-state index in [1.807, 2.05) is 0 Å². The van der Waals surface area contributed by atoms with Crippen LogP contribution >= 0.6 is 11.3 Å². The number of primary amides is 1. The number of aromatic hydroxyl groups is 1. The molecular formula is C22H14F3N3O4S. The first kappa shape index (κ1) is 22.1. The van der Waals surface area contributed by atoms with E-state index in [9.17, 15) is 32.7 Å². The zero-order chi connectivity index (χ0) is 23.9. The summed E-state index contributed by atoms with van der Waals surface area (Å²) in [4.78, 5) is 37.6. The molecule has 4 N–H and O–H groups in total. The topological polar surface area (TPSA) is 114 Å². The molecule has 2 amide bonds. The number of anilines is 1. The molecule has 0 aliphatic heterocycles. The maximum absolute atomic E-state index is 13.0. The van der Waals surface area contributed by atoms with Gasteiger partial charge in [0.05, 0.1) is 11.1 Å². The van der Waals surface area contributed by atoms with Crippen LogP contribution in [-0.2, 0) is 6.18 Å². The van der Waals surface area contributed by atoms with Crippen molar-refractivity contribution in [3.05, 3.63) is 81.5 Å². The second-order valence-corrected chi connectivity index (χ2v) is 7.76. The Morgan fingerprint density at radius 2 is 1.79 bits per heavy atom. The molecule has 0 aliphatic carbocycles. The van der Waals surface area contributed by atoms with Crippen molar-refractivity contribution in [3.63, 3.8) is 0 Å². The Hall–Kier alpha value is -4.12. The number of carbonyl (C=O) groups is 3. The Labute approximate surface area is 187 Å². The van der Waals surface area contributed by atoms with Gasteiger partial charge in [-0.05, 0) is 47.8 Å². The van der Waals surface area contributed by atoms with Gasteiger partial charge in [0.25, 0.3) is 5.91 Å². The highest BCUT2D eigenvalue weighted by Gasteiger charge is 2.31. The standard InChI is InChI=1S/C22H14F3N3O4S/c23-22(24,25)13-2-1-3-14(9-13)27-19(30)17-15-8-11(18(29)12-6-7-33-10-12)4-5-16(15)28(20(17)31)21(26)32/h1-10,31H,(H2,26,32)(H,27,30). The third-order valence-electron chi connectivity index (χ3n) is 4.88. The van der Waals surface area contributed by atoms with Crippen molar-refractivity contribution in [3.8, 4) is 5.88 Å². The normalized spacial score (nSPS) is 11.5. The number of benzene rings is 2. The summed E-state index contributed by atoms with van der Waals surface area (Å²) in [5.74, 6) is -2.15. The maximum Gasteiger partial charge on any atom is 0.416 e. The summed E-state index contributed by atoms with van der Waals surface area (Å²) in [6.45, 7) is 0. The number of hydrogen-bond acceptors (Lipinski definition) is 5. The first-order chi connectivity index (χ1) is 15.6. The molecule has 2 aromatic carbocycles. The van der Waals surface area contributed by atoms with Crippen LogP contribution in [0.1, 0.15) is 31.8 Å². The third kappa shape index (κ3) is 4.05. The van der Waals surface area contributed by atoms with Crippen LogP contribution in [0.15, 0.2) is 59.3 Å². The lowest BCUT2D eigenvalue weighted by atomic mass is 10.0. The van der Waals surface area contributed by atoms with Crippen molar-refractivity contribution in [2.24, 2.45) is 5.73 Å². The van der Waals surface area contributed by atoms with Crippen molar-refractivity contribution in [2.75, 3.05) is 5.32 Å². The number of thiophene rings is 1. The van der Waals surface area contributed by atoms with Crippen LogP contribution in [0.2, 0.25) is 0 Å². The molecule has 11 heteroatoms. The molecule has 0 radical (unpaired) electrons. The molecule has 4 rings (SSSR count). The summed E-state index contributed by atoms with van der Waals surface area (Å²) < 4.78 is 39.6. The molecule has 7 nitrogen and oxygen atoms in total. The lowest BCUT2D eigenvalue weighted by Crippen LogP contribution is -2.19. The zero-order valence-electron chi connectivity index (χ0n) is 16.5. The number of carbonyl (C=O) groups excluding carboxylic acids is 3. The van der Waals surface area contributed by atoms with Crippen LogP contribution in [0, 0.1) is 0 Å². The van der Waals surface area contributed by atoms with Crippen LogP contribution in [0.5, 0.6) is 5.88 Å². The second-order valence-electron chi connectivity index (χ2n) is 6.98. The molecule has 0 fully saturated rings. The SMILES string of the molecule is NC(=O)n1c(O)c(C(=O)Nc2cccc(C(F)(F)F)c2)c2cc(C(=O)c3ccsc3)ccc21. The fraction of sp³-hybridized carbons (Fsp3) is 0.0455. The van der Waals surface area contributed by atoms with Gasteiger partial charge in [0, 0.05) is 27.6 Å². The van der Waals surface area contributed by atoms with Crippen molar-refractivity contribution in [2.45, 2.75) is 6.18 Å². The average Bonchev–Trinajstić information content (AvgIpc) is 3.38. The van der Waals surface area contributed by atoms with Gasteiger partial charge in [-0.3, -0.25) is 9.59 Å². The minimum atomic E-state index is -4.62. The van der Waals surface area contributed by atoms with E-state index in [4.69, 9.17) is 5.73 Å². The number of amides is 2. The molecule has 2 heterocycles. The molecule has 0 atom stereocenters. The molecule has 0 unspecified atom stereocenters. The minimum Gasteiger partial charge on any atom is -0.494 e. The molecule has 33 heavy (non-hydrogen) atoms. The van der Waals surface area contributed by atoms with E-state index in [0.29, 0.717) is 10.1 Å². The van der Waals surface area contributed by atoms with Gasteiger partial charge in [-0.2, -0.15) is 24.5 Å². The highest BCUT2D eigenvalue weighted by Crippen LogP contribution is 2.34. The Morgan fingerprint density at radius 1 is 1.03 bits per heavy atom. The lowest BCUT2D eigenvalue weighted by molar-refractivity contribution is -0.137. The van der Waals surface area contributed by atoms with Crippen LogP contribution in [-0.4, -0.2) is 27.4 Å². The number of ketones is 1. The third-order valence-corrected chi connectivity index (χ3v) is 5.57. The van der Waals surface area contributed by atoms with E-state index < -0.39 is 35.1 Å². The number of hydrogen-bond donors (Lipinski definition) is 3. The van der Waals surface area contributed by atoms with Crippen LogP contribution in [0.3, 0.4) is 0 Å². The van der Waals surface area contributed by atoms with E-state index >= 15 is 0 Å². The number of nitrogens with one attached hydrogen (secondary N) is 1. The van der Waals surface area contributed by atoms with Crippen molar-refractivity contribution >= 4 is 45.6 Å². The molecule has 0 saturated heterocycles. The van der Waals surface area contributed by atoms with Gasteiger partial charge in [0.1, 0.15) is 5.56 Å². The van der Waals surface area contributed by atoms with E-state index in [-0.39, 0.29) is 27.9 Å². The number of halogens is 3. The van der Waals surface area contributed by atoms with E-state index in [0.717, 1.165) is 18.2 Å². The Morgan fingerprint density at radius 3 is 2.42 bits per heavy atom. The number of alkyl halides is 3. The monoisotopic (exact) mass is 473 g/mol. The summed E-state index contributed by atoms with van der Waals surface area (Å²) in [6.07, 6.45) is -4.62. The first-order valence-electron chi connectivity index (χ1n) is 9.30. The molecule has 0 saturated carbocycles. The van der Waals surface area contributed by atoms with Crippen LogP contribution in [0.4, 0.5) is 23.7 Å². The van der Waals surface area contributed by atoms with Gasteiger partial charge in [-0.25, -0.2) is 9.36 Å². The van der Waals surface area contributed by atoms with Crippen molar-refractivity contribution in [1.29, 1.82) is 0 Å². The minimum absolute atomic E-state index is 0.0249. The van der Waals surface area contributed by atoms with Crippen LogP contribution in [0.25, 0.3) is 10.9 Å². The fourth-order valence-electron chi connectivity index (χ4n) is 3.39. The molecule has 2 aromatic heterocycles. The molecule has 0 bridgehead atoms. The summed E-state index contributed by atoms with van der Waals surface area (Å²) in [6, 6.07) is 8.52. The number of nitrogens with two attached hydrogens (primary N) is 1. The lowest BCUT2D eigenvalue weighted by Gasteiger charge is -2.10. The van der Waals surface area contributed by atoms with Gasteiger partial charge >= 0.3 is 12.2 Å². The van der Waals surface area contributed by atoms with Crippen LogP contribution < -0.4 is 11.1 Å². The van der Waals surface area contributed by atoms with Gasteiger partial charge in [0.15, 0.2) is 5.78 Å². The van der Waals surface area contributed by atoms with Gasteiger partial charge in [-0.1, -0.05) is 6.07 Å². The maximum atomic E-state index is 13.0. The number of rotatable bonds is 4. The van der Waals surface area contributed by atoms with Crippen molar-refractivity contribution < 1.29 is 32.7 Å². The quantitative estimate of drug-likeness (QED) is 0.368. The van der Waals surface area contributed by atoms with E-state index in [1.54, 1.807) is 16.8 Å².